The molecule has 0 spiro atoms. The molecule has 0 aliphatic rings. The van der Waals surface area contributed by atoms with Gasteiger partial charge in [0.2, 0.25) is 0 Å². The van der Waals surface area contributed by atoms with Crippen LogP contribution in [-0.2, 0) is 0 Å². The molecule has 0 bridgehead atoms. The molecule has 17 heavy (non-hydrogen) atoms. The van der Waals surface area contributed by atoms with E-state index in [0.29, 0.717) is 24.0 Å². The average Bonchev–Trinajstić information content (AvgIpc) is 2.25. The number of anilines is 2. The Hall–Kier alpha value is -1.75. The predicted molar refractivity (Wildman–Crippen MR) is 69.5 cm³/mol. The van der Waals surface area contributed by atoms with E-state index < -0.39 is 5.97 Å². The van der Waals surface area contributed by atoms with Crippen molar-refractivity contribution in [1.29, 1.82) is 0 Å². The number of benzene rings is 1. The SMILES string of the molecule is CC(CNc1cc(N)ccc1C(=O)O)N(C)C. The van der Waals surface area contributed by atoms with Crippen molar-refractivity contribution in [3.63, 3.8) is 0 Å². The molecule has 94 valence electrons. The lowest BCUT2D eigenvalue weighted by atomic mass is 10.1. The largest absolute Gasteiger partial charge is 0.478 e. The van der Waals surface area contributed by atoms with E-state index in [1.807, 2.05) is 14.1 Å². The summed E-state index contributed by atoms with van der Waals surface area (Å²) in [5, 5.41) is 12.2. The van der Waals surface area contributed by atoms with Crippen LogP contribution in [0.25, 0.3) is 0 Å². The fraction of sp³-hybridized carbons (Fsp3) is 0.417. The van der Waals surface area contributed by atoms with E-state index in [9.17, 15) is 4.79 Å². The molecular weight excluding hydrogens is 218 g/mol. The second-order valence-corrected chi connectivity index (χ2v) is 4.30. The quantitative estimate of drug-likeness (QED) is 0.673. The Morgan fingerprint density at radius 3 is 2.71 bits per heavy atom. The fourth-order valence-electron chi connectivity index (χ4n) is 1.33. The van der Waals surface area contributed by atoms with Crippen LogP contribution in [0, 0.1) is 0 Å². The normalized spacial score (nSPS) is 12.5. The molecule has 0 aromatic heterocycles. The van der Waals surface area contributed by atoms with E-state index in [2.05, 4.69) is 17.1 Å². The molecule has 0 heterocycles. The van der Waals surface area contributed by atoms with Gasteiger partial charge in [0.05, 0.1) is 11.3 Å². The van der Waals surface area contributed by atoms with Crippen LogP contribution >= 0.6 is 0 Å². The summed E-state index contributed by atoms with van der Waals surface area (Å²) in [6.07, 6.45) is 0. The molecule has 0 radical (unpaired) electrons. The first kappa shape index (κ1) is 13.3. The van der Waals surface area contributed by atoms with Gasteiger partial charge in [-0.3, -0.25) is 0 Å². The van der Waals surface area contributed by atoms with Crippen molar-refractivity contribution in [3.8, 4) is 0 Å². The molecule has 1 aromatic carbocycles. The van der Waals surface area contributed by atoms with Crippen molar-refractivity contribution in [2.75, 3.05) is 31.7 Å². The number of hydrogen-bond donors (Lipinski definition) is 3. The van der Waals surface area contributed by atoms with Crippen LogP contribution < -0.4 is 11.1 Å². The Kier molecular flexibility index (Phi) is 4.34. The monoisotopic (exact) mass is 237 g/mol. The number of aromatic carboxylic acids is 1. The minimum absolute atomic E-state index is 0.241. The molecule has 4 N–H and O–H groups in total. The molecule has 0 aliphatic carbocycles. The number of nitrogens with two attached hydrogens (primary N) is 1. The summed E-state index contributed by atoms with van der Waals surface area (Å²) in [6, 6.07) is 5.05. The van der Waals surface area contributed by atoms with Gasteiger partial charge in [-0.2, -0.15) is 0 Å². The van der Waals surface area contributed by atoms with Gasteiger partial charge in [-0.25, -0.2) is 4.79 Å². The lowest BCUT2D eigenvalue weighted by Crippen LogP contribution is -2.31. The number of rotatable bonds is 5. The number of nitrogens with zero attached hydrogens (tertiary/aromatic N) is 1. The minimum atomic E-state index is -0.954. The molecular formula is C12H19N3O2. The van der Waals surface area contributed by atoms with Gasteiger partial charge in [-0.15, -0.1) is 0 Å². The number of carbonyl (C=O) groups is 1. The van der Waals surface area contributed by atoms with Crippen LogP contribution in [0.5, 0.6) is 0 Å². The smallest absolute Gasteiger partial charge is 0.337 e. The van der Waals surface area contributed by atoms with Crippen molar-refractivity contribution in [3.05, 3.63) is 23.8 Å². The number of hydrogen-bond acceptors (Lipinski definition) is 4. The number of nitrogens with one attached hydrogen (secondary N) is 1. The van der Waals surface area contributed by atoms with E-state index in [1.54, 1.807) is 12.1 Å². The molecule has 1 atom stereocenters. The van der Waals surface area contributed by atoms with Crippen LogP contribution in [0.1, 0.15) is 17.3 Å². The highest BCUT2D eigenvalue weighted by Crippen LogP contribution is 2.19. The zero-order valence-electron chi connectivity index (χ0n) is 10.4. The third-order valence-electron chi connectivity index (χ3n) is 2.74. The van der Waals surface area contributed by atoms with Crippen molar-refractivity contribution >= 4 is 17.3 Å². The van der Waals surface area contributed by atoms with Gasteiger partial charge in [0, 0.05) is 18.3 Å². The second-order valence-electron chi connectivity index (χ2n) is 4.30. The first-order chi connectivity index (χ1) is 7.91. The third-order valence-corrected chi connectivity index (χ3v) is 2.74. The van der Waals surface area contributed by atoms with E-state index in [1.165, 1.54) is 6.07 Å². The maximum Gasteiger partial charge on any atom is 0.337 e. The Bertz CT molecular complexity index is 405. The Labute approximate surface area is 101 Å². The molecule has 5 heteroatoms. The van der Waals surface area contributed by atoms with Crippen LogP contribution in [0.15, 0.2) is 18.2 Å². The van der Waals surface area contributed by atoms with Crippen molar-refractivity contribution in [2.24, 2.45) is 0 Å². The van der Waals surface area contributed by atoms with Crippen LogP contribution in [0.3, 0.4) is 0 Å². The maximum absolute atomic E-state index is 11.0. The lowest BCUT2D eigenvalue weighted by molar-refractivity contribution is 0.0698. The summed E-state index contributed by atoms with van der Waals surface area (Å²) >= 11 is 0. The molecule has 0 saturated carbocycles. The zero-order valence-corrected chi connectivity index (χ0v) is 10.4. The molecule has 1 aromatic rings. The van der Waals surface area contributed by atoms with Gasteiger partial charge < -0.3 is 21.1 Å². The van der Waals surface area contributed by atoms with Gasteiger partial charge in [0.1, 0.15) is 0 Å². The first-order valence-corrected chi connectivity index (χ1v) is 5.45. The fourth-order valence-corrected chi connectivity index (χ4v) is 1.33. The van der Waals surface area contributed by atoms with Gasteiger partial charge in [-0.1, -0.05) is 0 Å². The summed E-state index contributed by atoms with van der Waals surface area (Å²) in [6.45, 7) is 2.72. The first-order valence-electron chi connectivity index (χ1n) is 5.45. The van der Waals surface area contributed by atoms with Gasteiger partial charge in [0.15, 0.2) is 0 Å². The summed E-state index contributed by atoms with van der Waals surface area (Å²) in [5.74, 6) is -0.954. The molecule has 0 fully saturated rings. The maximum atomic E-state index is 11.0. The standard InChI is InChI=1S/C12H19N3O2/c1-8(15(2)3)7-14-11-6-9(13)4-5-10(11)12(16)17/h4-6,8,14H,7,13H2,1-3H3,(H,16,17). The topological polar surface area (TPSA) is 78.6 Å². The van der Waals surface area contributed by atoms with Crippen LogP contribution in [0.4, 0.5) is 11.4 Å². The molecule has 1 rings (SSSR count). The zero-order chi connectivity index (χ0) is 13.0. The number of carboxylic acid groups (broad SMARTS) is 1. The molecule has 0 aliphatic heterocycles. The minimum Gasteiger partial charge on any atom is -0.478 e. The second kappa shape index (κ2) is 5.54. The van der Waals surface area contributed by atoms with Crippen LogP contribution in [-0.4, -0.2) is 42.7 Å². The molecule has 5 nitrogen and oxygen atoms in total. The summed E-state index contributed by atoms with van der Waals surface area (Å²) in [5.41, 5.74) is 7.00. The highest BCUT2D eigenvalue weighted by atomic mass is 16.4. The van der Waals surface area contributed by atoms with E-state index in [0.717, 1.165) is 0 Å². The molecule has 0 amide bonds. The predicted octanol–water partition coefficient (Wildman–Crippen LogP) is 1.33. The highest BCUT2D eigenvalue weighted by molar-refractivity contribution is 5.95. The van der Waals surface area contributed by atoms with E-state index in [4.69, 9.17) is 10.8 Å². The van der Waals surface area contributed by atoms with Crippen LogP contribution in [0.2, 0.25) is 0 Å². The third kappa shape index (κ3) is 3.64. The lowest BCUT2D eigenvalue weighted by Gasteiger charge is -2.21. The van der Waals surface area contributed by atoms with E-state index >= 15 is 0 Å². The highest BCUT2D eigenvalue weighted by Gasteiger charge is 2.11. The Balaban J connectivity index is 2.82. The van der Waals surface area contributed by atoms with Gasteiger partial charge >= 0.3 is 5.97 Å². The Morgan fingerprint density at radius 1 is 1.53 bits per heavy atom. The number of nitrogen functional groups attached to an aromatic ring is 1. The average molecular weight is 237 g/mol. The molecule has 0 saturated heterocycles. The van der Waals surface area contributed by atoms with Crippen molar-refractivity contribution < 1.29 is 9.90 Å². The summed E-state index contributed by atoms with van der Waals surface area (Å²) in [7, 11) is 3.95. The summed E-state index contributed by atoms with van der Waals surface area (Å²) < 4.78 is 0. The van der Waals surface area contributed by atoms with E-state index in [-0.39, 0.29) is 5.56 Å². The Morgan fingerprint density at radius 2 is 2.18 bits per heavy atom. The number of likely N-dealkylation sites (N-methyl/N-ethyl adjacent to an activating group) is 1. The van der Waals surface area contributed by atoms with Gasteiger partial charge in [-0.05, 0) is 39.2 Å². The van der Waals surface area contributed by atoms with Gasteiger partial charge in [0.25, 0.3) is 0 Å². The summed E-state index contributed by atoms with van der Waals surface area (Å²) in [4.78, 5) is 13.1. The van der Waals surface area contributed by atoms with Crippen molar-refractivity contribution in [1.82, 2.24) is 4.90 Å². The van der Waals surface area contributed by atoms with Crippen molar-refractivity contribution in [2.45, 2.75) is 13.0 Å². The number of carboxylic acids is 1. The molecule has 1 unspecified atom stereocenters.